The predicted molar refractivity (Wildman–Crippen MR) is 117 cm³/mol. The topological polar surface area (TPSA) is 89.0 Å². The standard InChI is InChI=1S/C22H17N3O3S2/c26-20-8-2-4-14-9-10-17(13-18(14)20)30(27,28)25-16-6-1-5-15(12-16)21-24-19-7-3-11-23-22(19)29-21/h1,3,5-7,9-13,25H,2,4,8H2. The van der Waals surface area contributed by atoms with Crippen LogP contribution in [0.4, 0.5) is 5.69 Å². The van der Waals surface area contributed by atoms with E-state index < -0.39 is 10.0 Å². The van der Waals surface area contributed by atoms with Gasteiger partial charge in [0.1, 0.15) is 15.4 Å². The molecule has 0 saturated carbocycles. The Morgan fingerprint density at radius 1 is 1.00 bits per heavy atom. The Kier molecular flexibility index (Phi) is 4.60. The molecular formula is C22H17N3O3S2. The predicted octanol–water partition coefficient (Wildman–Crippen LogP) is 4.68. The molecule has 1 aliphatic carbocycles. The number of carbonyl (C=O) groups excluding carboxylic acids is 1. The van der Waals surface area contributed by atoms with E-state index in [4.69, 9.17) is 0 Å². The molecule has 5 rings (SSSR count). The number of benzene rings is 2. The molecule has 8 heteroatoms. The van der Waals surface area contributed by atoms with Gasteiger partial charge in [0.15, 0.2) is 5.78 Å². The normalized spacial score (nSPS) is 13.9. The molecule has 30 heavy (non-hydrogen) atoms. The molecule has 0 bridgehead atoms. The molecule has 1 N–H and O–H groups in total. The van der Waals surface area contributed by atoms with Crippen LogP contribution in [0, 0.1) is 0 Å². The van der Waals surface area contributed by atoms with Gasteiger partial charge in [0, 0.05) is 29.4 Å². The maximum absolute atomic E-state index is 12.9. The second kappa shape index (κ2) is 7.30. The highest BCUT2D eigenvalue weighted by Gasteiger charge is 2.22. The van der Waals surface area contributed by atoms with Crippen LogP contribution in [0.5, 0.6) is 0 Å². The highest BCUT2D eigenvalue weighted by molar-refractivity contribution is 7.92. The summed E-state index contributed by atoms with van der Waals surface area (Å²) < 4.78 is 28.5. The fourth-order valence-electron chi connectivity index (χ4n) is 3.60. The maximum Gasteiger partial charge on any atom is 0.261 e. The smallest absolute Gasteiger partial charge is 0.261 e. The van der Waals surface area contributed by atoms with E-state index >= 15 is 0 Å². The number of Topliss-reactive ketones (excluding diaryl/α,β-unsaturated/α-hetero) is 1. The van der Waals surface area contributed by atoms with Gasteiger partial charge in [-0.05, 0) is 54.8 Å². The number of nitrogens with zero attached hydrogens (tertiary/aromatic N) is 2. The summed E-state index contributed by atoms with van der Waals surface area (Å²) in [6, 6.07) is 15.6. The lowest BCUT2D eigenvalue weighted by atomic mass is 9.91. The van der Waals surface area contributed by atoms with Crippen LogP contribution in [0.15, 0.2) is 65.7 Å². The van der Waals surface area contributed by atoms with E-state index in [0.717, 1.165) is 39.3 Å². The van der Waals surface area contributed by atoms with Crippen LogP contribution in [-0.4, -0.2) is 24.2 Å². The zero-order chi connectivity index (χ0) is 20.7. The number of carbonyl (C=O) groups is 1. The van der Waals surface area contributed by atoms with Gasteiger partial charge in [-0.25, -0.2) is 18.4 Å². The van der Waals surface area contributed by atoms with Crippen LogP contribution in [0.25, 0.3) is 20.9 Å². The molecule has 0 aliphatic heterocycles. The first kappa shape index (κ1) is 18.9. The Hall–Kier alpha value is -3.10. The van der Waals surface area contributed by atoms with Crippen molar-refractivity contribution in [1.82, 2.24) is 9.97 Å². The largest absolute Gasteiger partial charge is 0.294 e. The van der Waals surface area contributed by atoms with E-state index in [1.54, 1.807) is 36.5 Å². The van der Waals surface area contributed by atoms with Crippen LogP contribution < -0.4 is 4.72 Å². The summed E-state index contributed by atoms with van der Waals surface area (Å²) in [6.07, 6.45) is 3.79. The minimum absolute atomic E-state index is 0.000238. The van der Waals surface area contributed by atoms with Gasteiger partial charge in [0.2, 0.25) is 0 Å². The number of rotatable bonds is 4. The Bertz CT molecular complexity index is 1360. The van der Waals surface area contributed by atoms with Gasteiger partial charge in [-0.15, -0.1) is 0 Å². The number of thiazole rings is 1. The van der Waals surface area contributed by atoms with Crippen molar-refractivity contribution < 1.29 is 13.2 Å². The van der Waals surface area contributed by atoms with Crippen molar-refractivity contribution in [2.24, 2.45) is 0 Å². The Balaban J connectivity index is 1.46. The van der Waals surface area contributed by atoms with Crippen LogP contribution in [-0.2, 0) is 16.4 Å². The number of anilines is 1. The van der Waals surface area contributed by atoms with E-state index in [0.29, 0.717) is 17.7 Å². The van der Waals surface area contributed by atoms with Crippen LogP contribution >= 0.6 is 11.3 Å². The first-order valence-electron chi connectivity index (χ1n) is 9.50. The Morgan fingerprint density at radius 2 is 1.90 bits per heavy atom. The van der Waals surface area contributed by atoms with Crippen molar-refractivity contribution in [3.05, 3.63) is 71.9 Å². The lowest BCUT2D eigenvalue weighted by Crippen LogP contribution is -2.16. The number of fused-ring (bicyclic) bond motifs is 2. The summed E-state index contributed by atoms with van der Waals surface area (Å²) in [4.78, 5) is 22.0. The highest BCUT2D eigenvalue weighted by Crippen LogP contribution is 2.31. The fourth-order valence-corrected chi connectivity index (χ4v) is 5.58. The number of hydrogen-bond donors (Lipinski definition) is 1. The maximum atomic E-state index is 12.9. The molecule has 0 atom stereocenters. The minimum Gasteiger partial charge on any atom is -0.294 e. The molecule has 0 fully saturated rings. The highest BCUT2D eigenvalue weighted by atomic mass is 32.2. The van der Waals surface area contributed by atoms with Gasteiger partial charge in [-0.2, -0.15) is 0 Å². The summed E-state index contributed by atoms with van der Waals surface area (Å²) in [7, 11) is -3.83. The zero-order valence-electron chi connectivity index (χ0n) is 15.8. The monoisotopic (exact) mass is 435 g/mol. The second-order valence-electron chi connectivity index (χ2n) is 7.13. The fraction of sp³-hybridized carbons (Fsp3) is 0.136. The molecule has 0 saturated heterocycles. The minimum atomic E-state index is -3.83. The van der Waals surface area contributed by atoms with Gasteiger partial charge in [0.25, 0.3) is 10.0 Å². The van der Waals surface area contributed by atoms with Crippen molar-refractivity contribution in [3.63, 3.8) is 0 Å². The van der Waals surface area contributed by atoms with Crippen molar-refractivity contribution in [3.8, 4) is 10.6 Å². The number of aryl methyl sites for hydroxylation is 1. The van der Waals surface area contributed by atoms with Gasteiger partial charge < -0.3 is 0 Å². The summed E-state index contributed by atoms with van der Waals surface area (Å²) in [5, 5.41) is 0.768. The van der Waals surface area contributed by atoms with E-state index in [2.05, 4.69) is 14.7 Å². The van der Waals surface area contributed by atoms with Crippen molar-refractivity contribution in [2.45, 2.75) is 24.2 Å². The number of nitrogens with one attached hydrogen (secondary N) is 1. The molecular weight excluding hydrogens is 418 g/mol. The molecule has 0 radical (unpaired) electrons. The number of ketones is 1. The lowest BCUT2D eigenvalue weighted by Gasteiger charge is -2.16. The van der Waals surface area contributed by atoms with Crippen LogP contribution in [0.2, 0.25) is 0 Å². The lowest BCUT2D eigenvalue weighted by molar-refractivity contribution is 0.0972. The number of pyridine rings is 1. The Morgan fingerprint density at radius 3 is 2.77 bits per heavy atom. The Labute approximate surface area is 177 Å². The van der Waals surface area contributed by atoms with E-state index in [-0.39, 0.29) is 10.7 Å². The van der Waals surface area contributed by atoms with Crippen molar-refractivity contribution >= 4 is 43.2 Å². The third-order valence-electron chi connectivity index (χ3n) is 5.07. The van der Waals surface area contributed by atoms with E-state index in [1.807, 2.05) is 18.2 Å². The average Bonchev–Trinajstić information content (AvgIpc) is 3.18. The second-order valence-corrected chi connectivity index (χ2v) is 9.79. The molecule has 6 nitrogen and oxygen atoms in total. The third-order valence-corrected chi connectivity index (χ3v) is 7.48. The molecule has 1 aliphatic rings. The summed E-state index contributed by atoms with van der Waals surface area (Å²) in [5.41, 5.74) is 3.47. The molecule has 2 aromatic carbocycles. The average molecular weight is 436 g/mol. The SMILES string of the molecule is O=C1CCCc2ccc(S(=O)(=O)Nc3cccc(-c4nc5cccnc5s4)c3)cc21. The zero-order valence-corrected chi connectivity index (χ0v) is 17.5. The number of hydrogen-bond acceptors (Lipinski definition) is 6. The first-order chi connectivity index (χ1) is 14.5. The molecule has 0 amide bonds. The van der Waals surface area contributed by atoms with Gasteiger partial charge in [-0.3, -0.25) is 9.52 Å². The molecule has 150 valence electrons. The molecule has 0 unspecified atom stereocenters. The van der Waals surface area contributed by atoms with Gasteiger partial charge >= 0.3 is 0 Å². The summed E-state index contributed by atoms with van der Waals surface area (Å²) in [5.74, 6) is -0.000238. The van der Waals surface area contributed by atoms with Crippen LogP contribution in [0.3, 0.4) is 0 Å². The number of aromatic nitrogens is 2. The summed E-state index contributed by atoms with van der Waals surface area (Å²) >= 11 is 1.45. The molecule has 4 aromatic rings. The molecule has 0 spiro atoms. The van der Waals surface area contributed by atoms with E-state index in [1.165, 1.54) is 17.4 Å². The van der Waals surface area contributed by atoms with Crippen molar-refractivity contribution in [1.29, 1.82) is 0 Å². The van der Waals surface area contributed by atoms with E-state index in [9.17, 15) is 13.2 Å². The van der Waals surface area contributed by atoms with Gasteiger partial charge in [0.05, 0.1) is 4.90 Å². The third kappa shape index (κ3) is 3.48. The number of sulfonamides is 1. The molecule has 2 aromatic heterocycles. The summed E-state index contributed by atoms with van der Waals surface area (Å²) in [6.45, 7) is 0. The first-order valence-corrected chi connectivity index (χ1v) is 11.8. The molecule has 2 heterocycles. The van der Waals surface area contributed by atoms with Gasteiger partial charge in [-0.1, -0.05) is 29.5 Å². The quantitative estimate of drug-likeness (QED) is 0.503. The van der Waals surface area contributed by atoms with Crippen molar-refractivity contribution in [2.75, 3.05) is 4.72 Å². The van der Waals surface area contributed by atoms with Crippen LogP contribution in [0.1, 0.15) is 28.8 Å².